The molecule has 5 nitrogen and oxygen atoms in total. The number of pyridine rings is 2. The molecule has 0 unspecified atom stereocenters. The maximum atomic E-state index is 8.58. The lowest BCUT2D eigenvalue weighted by Crippen LogP contribution is -2.41. The van der Waals surface area contributed by atoms with Gasteiger partial charge in [-0.1, -0.05) is 6.07 Å². The number of nitrogens with zero attached hydrogens (tertiary/aromatic N) is 2. The standard InChI is InChI=1S/C19H23N5/c20-10-12-8-15(9-12)24-11-16(17(21)13-3-4-13)19-18-14(5-7-23-19)2-1-6-22-18/h1-2,5-7,11-13,15,21,24H,3-4,8-10,20H2/b16-11+,21-17?. The van der Waals surface area contributed by atoms with Gasteiger partial charge in [0.15, 0.2) is 0 Å². The number of allylic oxidation sites excluding steroid dienone is 1. The first-order valence-corrected chi connectivity index (χ1v) is 8.71. The van der Waals surface area contributed by atoms with Crippen LogP contribution in [0.3, 0.4) is 0 Å². The predicted octanol–water partition coefficient (Wildman–Crippen LogP) is 2.73. The lowest BCUT2D eigenvalue weighted by atomic mass is 9.80. The van der Waals surface area contributed by atoms with Gasteiger partial charge in [0, 0.05) is 47.2 Å². The van der Waals surface area contributed by atoms with Crippen molar-refractivity contribution in [2.45, 2.75) is 31.7 Å². The molecular weight excluding hydrogens is 298 g/mol. The van der Waals surface area contributed by atoms with E-state index in [1.165, 1.54) is 0 Å². The Morgan fingerprint density at radius 3 is 2.83 bits per heavy atom. The summed E-state index contributed by atoms with van der Waals surface area (Å²) in [6.45, 7) is 0.765. The summed E-state index contributed by atoms with van der Waals surface area (Å²) in [5, 5.41) is 13.1. The smallest absolute Gasteiger partial charge is 0.0997 e. The molecule has 2 aromatic heterocycles. The zero-order valence-electron chi connectivity index (χ0n) is 13.7. The van der Waals surface area contributed by atoms with Crippen LogP contribution in [0.2, 0.25) is 0 Å². The predicted molar refractivity (Wildman–Crippen MR) is 96.7 cm³/mol. The molecule has 0 aliphatic heterocycles. The summed E-state index contributed by atoms with van der Waals surface area (Å²) in [6.07, 6.45) is 10.0. The second kappa shape index (κ2) is 6.32. The molecule has 0 atom stereocenters. The molecule has 0 spiro atoms. The summed E-state index contributed by atoms with van der Waals surface area (Å²) < 4.78 is 0. The molecule has 5 heteroatoms. The minimum absolute atomic E-state index is 0.372. The van der Waals surface area contributed by atoms with Gasteiger partial charge in [0.2, 0.25) is 0 Å². The highest BCUT2D eigenvalue weighted by Crippen LogP contribution is 2.36. The van der Waals surface area contributed by atoms with E-state index >= 15 is 0 Å². The number of fused-ring (bicyclic) bond motifs is 1. The van der Waals surface area contributed by atoms with Gasteiger partial charge in [0.1, 0.15) is 0 Å². The molecule has 0 saturated heterocycles. The van der Waals surface area contributed by atoms with Crippen molar-refractivity contribution in [1.29, 1.82) is 5.41 Å². The van der Waals surface area contributed by atoms with E-state index in [0.29, 0.717) is 23.6 Å². The van der Waals surface area contributed by atoms with Crippen LogP contribution in [0.5, 0.6) is 0 Å². The van der Waals surface area contributed by atoms with Crippen LogP contribution in [-0.2, 0) is 0 Å². The molecule has 0 bridgehead atoms. The largest absolute Gasteiger partial charge is 0.388 e. The lowest BCUT2D eigenvalue weighted by Gasteiger charge is -2.34. The average molecular weight is 321 g/mol. The van der Waals surface area contributed by atoms with Gasteiger partial charge < -0.3 is 16.5 Å². The Kier molecular flexibility index (Phi) is 4.02. The van der Waals surface area contributed by atoms with Crippen LogP contribution in [0.15, 0.2) is 36.8 Å². The van der Waals surface area contributed by atoms with Crippen LogP contribution < -0.4 is 11.1 Å². The highest BCUT2D eigenvalue weighted by Gasteiger charge is 2.31. The third kappa shape index (κ3) is 2.91. The lowest BCUT2D eigenvalue weighted by molar-refractivity contribution is 0.247. The molecule has 0 amide bonds. The first-order chi connectivity index (χ1) is 11.8. The summed E-state index contributed by atoms with van der Waals surface area (Å²) in [6, 6.07) is 6.40. The van der Waals surface area contributed by atoms with Crippen LogP contribution in [0.4, 0.5) is 0 Å². The monoisotopic (exact) mass is 321 g/mol. The first kappa shape index (κ1) is 15.3. The molecule has 2 aliphatic carbocycles. The first-order valence-electron chi connectivity index (χ1n) is 8.71. The van der Waals surface area contributed by atoms with Gasteiger partial charge in [0.05, 0.1) is 11.2 Å². The summed E-state index contributed by atoms with van der Waals surface area (Å²) in [4.78, 5) is 9.07. The van der Waals surface area contributed by atoms with Crippen LogP contribution in [0.25, 0.3) is 16.5 Å². The van der Waals surface area contributed by atoms with Gasteiger partial charge in [-0.15, -0.1) is 0 Å². The van der Waals surface area contributed by atoms with Gasteiger partial charge >= 0.3 is 0 Å². The minimum Gasteiger partial charge on any atom is -0.388 e. The summed E-state index contributed by atoms with van der Waals surface area (Å²) >= 11 is 0. The van der Waals surface area contributed by atoms with Gasteiger partial charge in [0.25, 0.3) is 0 Å². The number of hydrogen-bond acceptors (Lipinski definition) is 5. The van der Waals surface area contributed by atoms with E-state index in [1.54, 1.807) is 12.4 Å². The summed E-state index contributed by atoms with van der Waals surface area (Å²) in [7, 11) is 0. The molecule has 2 aromatic rings. The second-order valence-electron chi connectivity index (χ2n) is 6.92. The zero-order chi connectivity index (χ0) is 16.5. The van der Waals surface area contributed by atoms with E-state index in [1.807, 2.05) is 24.4 Å². The van der Waals surface area contributed by atoms with Crippen molar-refractivity contribution < 1.29 is 0 Å². The zero-order valence-corrected chi connectivity index (χ0v) is 13.7. The third-order valence-corrected chi connectivity index (χ3v) is 5.08. The van der Waals surface area contributed by atoms with Crippen LogP contribution >= 0.6 is 0 Å². The molecule has 2 heterocycles. The van der Waals surface area contributed by atoms with E-state index in [2.05, 4.69) is 15.3 Å². The molecule has 4 rings (SSSR count). The van der Waals surface area contributed by atoms with Crippen molar-refractivity contribution in [2.24, 2.45) is 17.6 Å². The van der Waals surface area contributed by atoms with Crippen molar-refractivity contribution in [1.82, 2.24) is 15.3 Å². The van der Waals surface area contributed by atoms with Crippen molar-refractivity contribution in [2.75, 3.05) is 6.54 Å². The van der Waals surface area contributed by atoms with Crippen molar-refractivity contribution >= 4 is 22.2 Å². The summed E-state index contributed by atoms with van der Waals surface area (Å²) in [5.41, 5.74) is 8.96. The Morgan fingerprint density at radius 2 is 2.08 bits per heavy atom. The molecule has 0 radical (unpaired) electrons. The molecule has 2 aliphatic rings. The highest BCUT2D eigenvalue weighted by atomic mass is 14.9. The maximum Gasteiger partial charge on any atom is 0.0997 e. The molecule has 24 heavy (non-hydrogen) atoms. The van der Waals surface area contributed by atoms with Gasteiger partial charge in [-0.3, -0.25) is 9.97 Å². The Hall–Kier alpha value is -2.27. The molecule has 2 fully saturated rings. The average Bonchev–Trinajstić information content (AvgIpc) is 3.41. The van der Waals surface area contributed by atoms with E-state index in [0.717, 1.165) is 54.4 Å². The Morgan fingerprint density at radius 1 is 1.25 bits per heavy atom. The Labute approximate surface area is 141 Å². The van der Waals surface area contributed by atoms with Crippen molar-refractivity contribution in [3.05, 3.63) is 42.5 Å². The van der Waals surface area contributed by atoms with E-state index in [4.69, 9.17) is 11.1 Å². The van der Waals surface area contributed by atoms with Crippen molar-refractivity contribution in [3.63, 3.8) is 0 Å². The van der Waals surface area contributed by atoms with Crippen LogP contribution in [0.1, 0.15) is 31.4 Å². The fraction of sp³-hybridized carbons (Fsp3) is 0.421. The van der Waals surface area contributed by atoms with E-state index in [-0.39, 0.29) is 0 Å². The molecule has 2 saturated carbocycles. The number of nitrogens with one attached hydrogen (secondary N) is 2. The number of hydrogen-bond donors (Lipinski definition) is 3. The van der Waals surface area contributed by atoms with Crippen molar-refractivity contribution in [3.8, 4) is 0 Å². The molecule has 124 valence electrons. The van der Waals surface area contributed by atoms with E-state index < -0.39 is 0 Å². The number of aromatic nitrogens is 2. The molecule has 4 N–H and O–H groups in total. The fourth-order valence-corrected chi connectivity index (χ4v) is 3.33. The van der Waals surface area contributed by atoms with Gasteiger partial charge in [-0.2, -0.15) is 0 Å². The molecular formula is C19H23N5. The third-order valence-electron chi connectivity index (χ3n) is 5.08. The highest BCUT2D eigenvalue weighted by molar-refractivity contribution is 6.25. The Balaban J connectivity index is 1.66. The quantitative estimate of drug-likeness (QED) is 0.714. The molecule has 0 aromatic carbocycles. The normalized spacial score (nSPS) is 23.8. The van der Waals surface area contributed by atoms with Gasteiger partial charge in [-0.25, -0.2) is 0 Å². The Bertz CT molecular complexity index is 782. The van der Waals surface area contributed by atoms with Crippen LogP contribution in [0, 0.1) is 17.2 Å². The van der Waals surface area contributed by atoms with Crippen LogP contribution in [-0.4, -0.2) is 28.3 Å². The number of nitrogens with two attached hydrogens (primary N) is 1. The van der Waals surface area contributed by atoms with Gasteiger partial charge in [-0.05, 0) is 50.3 Å². The SMILES string of the molecule is N=C(/C(=C\NC1CC(CN)C1)c1nccc2cccnc12)C1CC1. The fourth-order valence-electron chi connectivity index (χ4n) is 3.33. The minimum atomic E-state index is 0.372. The summed E-state index contributed by atoms with van der Waals surface area (Å²) in [5.74, 6) is 1.01. The second-order valence-corrected chi connectivity index (χ2v) is 6.92. The topological polar surface area (TPSA) is 87.7 Å². The van der Waals surface area contributed by atoms with E-state index in [9.17, 15) is 0 Å². The number of rotatable bonds is 6. The maximum absolute atomic E-state index is 8.58.